The fraction of sp³-hybridized carbons (Fsp3) is 0.0526. The van der Waals surface area contributed by atoms with E-state index >= 15 is 0 Å². The van der Waals surface area contributed by atoms with E-state index in [-0.39, 0.29) is 0 Å². The third kappa shape index (κ3) is 2.87. The zero-order chi connectivity index (χ0) is 18.4. The van der Waals surface area contributed by atoms with Gasteiger partial charge in [0.2, 0.25) is 5.82 Å². The van der Waals surface area contributed by atoms with E-state index in [1.165, 1.54) is 0 Å². The molecule has 5 rings (SSSR count). The van der Waals surface area contributed by atoms with Crippen LogP contribution in [0.3, 0.4) is 0 Å². The van der Waals surface area contributed by atoms with Crippen molar-refractivity contribution in [1.82, 2.24) is 24.9 Å². The lowest BCUT2D eigenvalue weighted by Gasteiger charge is -2.00. The quantitative estimate of drug-likeness (QED) is 0.384. The van der Waals surface area contributed by atoms with Gasteiger partial charge in [-0.05, 0) is 47.1 Å². The number of nitrogens with zero attached hydrogens (tertiary/aromatic N) is 5. The molecule has 0 amide bonds. The minimum Gasteiger partial charge on any atom is -0.334 e. The third-order valence-electron chi connectivity index (χ3n) is 4.14. The number of hydrogen-bond acceptors (Lipinski definition) is 6. The second-order valence-corrected chi connectivity index (χ2v) is 7.92. The summed E-state index contributed by atoms with van der Waals surface area (Å²) in [5.41, 5.74) is 2.77. The molecule has 0 saturated heterocycles. The summed E-state index contributed by atoms with van der Waals surface area (Å²) in [5, 5.41) is 9.91. The van der Waals surface area contributed by atoms with Gasteiger partial charge >= 0.3 is 0 Å². The Morgan fingerprint density at radius 1 is 1.11 bits per heavy atom. The second-order valence-electron chi connectivity index (χ2n) is 5.98. The zero-order valence-electron chi connectivity index (χ0n) is 14.1. The first-order valence-corrected chi connectivity index (χ1v) is 9.79. The number of fused-ring (bicyclic) bond motifs is 1. The average Bonchev–Trinajstić information content (AvgIpc) is 3.39. The first kappa shape index (κ1) is 16.3. The van der Waals surface area contributed by atoms with Gasteiger partial charge < -0.3 is 4.52 Å². The maximum absolute atomic E-state index is 5.44. The highest BCUT2D eigenvalue weighted by Gasteiger charge is 2.18. The summed E-state index contributed by atoms with van der Waals surface area (Å²) in [7, 11) is 0. The predicted octanol–water partition coefficient (Wildman–Crippen LogP) is 5.27. The van der Waals surface area contributed by atoms with Crippen molar-refractivity contribution < 1.29 is 4.52 Å². The monoisotopic (exact) mass is 437 g/mol. The lowest BCUT2D eigenvalue weighted by Crippen LogP contribution is -1.94. The molecule has 1 aromatic carbocycles. The Labute approximate surface area is 166 Å². The van der Waals surface area contributed by atoms with E-state index in [4.69, 9.17) is 4.52 Å². The molecule has 0 bridgehead atoms. The van der Waals surface area contributed by atoms with Crippen molar-refractivity contribution in [3.8, 4) is 27.8 Å². The molecule has 0 unspecified atom stereocenters. The Kier molecular flexibility index (Phi) is 3.87. The number of pyridine rings is 1. The summed E-state index contributed by atoms with van der Waals surface area (Å²) in [6, 6.07) is 14.0. The van der Waals surface area contributed by atoms with Gasteiger partial charge in [0, 0.05) is 22.3 Å². The third-order valence-corrected chi connectivity index (χ3v) is 5.68. The van der Waals surface area contributed by atoms with Crippen LogP contribution in [0.4, 0.5) is 0 Å². The van der Waals surface area contributed by atoms with E-state index in [9.17, 15) is 0 Å². The normalized spacial score (nSPS) is 11.3. The maximum Gasteiger partial charge on any atom is 0.259 e. The number of benzene rings is 1. The molecule has 0 N–H and O–H groups in total. The molecule has 0 aliphatic heterocycles. The van der Waals surface area contributed by atoms with Crippen LogP contribution in [0, 0.1) is 6.92 Å². The first-order chi connectivity index (χ1) is 13.2. The minimum absolute atomic E-state index is 0.442. The van der Waals surface area contributed by atoms with Crippen LogP contribution in [0.25, 0.3) is 38.1 Å². The van der Waals surface area contributed by atoms with Gasteiger partial charge in [-0.15, -0.1) is 11.3 Å². The molecule has 4 heterocycles. The Morgan fingerprint density at radius 2 is 1.96 bits per heavy atom. The molecule has 4 aromatic heterocycles. The highest BCUT2D eigenvalue weighted by atomic mass is 79.9. The molecule has 6 nitrogen and oxygen atoms in total. The molecule has 0 fully saturated rings. The Hall–Kier alpha value is -2.84. The van der Waals surface area contributed by atoms with Crippen molar-refractivity contribution in [2.24, 2.45) is 0 Å². The van der Waals surface area contributed by atoms with E-state index in [1.54, 1.807) is 23.7 Å². The molecule has 0 atom stereocenters. The highest BCUT2D eigenvalue weighted by Crippen LogP contribution is 2.35. The number of aromatic nitrogens is 5. The van der Waals surface area contributed by atoms with E-state index < -0.39 is 0 Å². The molecule has 27 heavy (non-hydrogen) atoms. The summed E-state index contributed by atoms with van der Waals surface area (Å²) >= 11 is 5.00. The summed E-state index contributed by atoms with van der Waals surface area (Å²) in [4.78, 5) is 10.7. The predicted molar refractivity (Wildman–Crippen MR) is 108 cm³/mol. The van der Waals surface area contributed by atoms with Gasteiger partial charge in [0.05, 0.1) is 21.8 Å². The second kappa shape index (κ2) is 6.40. The Bertz CT molecular complexity index is 1260. The van der Waals surface area contributed by atoms with Crippen LogP contribution in [0.1, 0.15) is 5.69 Å². The summed E-state index contributed by atoms with van der Waals surface area (Å²) in [5.74, 6) is 1.00. The van der Waals surface area contributed by atoms with Gasteiger partial charge in [-0.2, -0.15) is 10.1 Å². The number of halogens is 1. The SMILES string of the molecule is Cc1nn(-c2ccccc2)c2sc(-c3noc(-c4cncc(Br)c4)n3)cc12. The fourth-order valence-electron chi connectivity index (χ4n) is 2.87. The number of rotatable bonds is 3. The van der Waals surface area contributed by atoms with E-state index in [2.05, 4.69) is 42.2 Å². The smallest absolute Gasteiger partial charge is 0.259 e. The topological polar surface area (TPSA) is 69.6 Å². The van der Waals surface area contributed by atoms with Gasteiger partial charge in [0.15, 0.2) is 0 Å². The van der Waals surface area contributed by atoms with Crippen LogP contribution in [0.5, 0.6) is 0 Å². The average molecular weight is 438 g/mol. The molecule has 0 radical (unpaired) electrons. The summed E-state index contributed by atoms with van der Waals surface area (Å²) in [6.45, 7) is 2.01. The van der Waals surface area contributed by atoms with Crippen LogP contribution in [-0.4, -0.2) is 24.9 Å². The van der Waals surface area contributed by atoms with Crippen LogP contribution in [0.2, 0.25) is 0 Å². The van der Waals surface area contributed by atoms with Gasteiger partial charge in [-0.3, -0.25) is 4.98 Å². The van der Waals surface area contributed by atoms with Crippen LogP contribution >= 0.6 is 27.3 Å². The van der Waals surface area contributed by atoms with Crippen LogP contribution in [-0.2, 0) is 0 Å². The van der Waals surface area contributed by atoms with Crippen LogP contribution in [0.15, 0.2) is 63.9 Å². The maximum atomic E-state index is 5.44. The molecule has 0 spiro atoms. The molecular formula is C19H12BrN5OS. The fourth-order valence-corrected chi connectivity index (χ4v) is 4.34. The molecule has 0 aliphatic rings. The van der Waals surface area contributed by atoms with Crippen molar-refractivity contribution in [2.45, 2.75) is 6.92 Å². The summed E-state index contributed by atoms with van der Waals surface area (Å²) < 4.78 is 8.26. The number of aryl methyl sites for hydroxylation is 1. The largest absolute Gasteiger partial charge is 0.334 e. The molecule has 0 aliphatic carbocycles. The lowest BCUT2D eigenvalue weighted by atomic mass is 10.3. The number of thiophene rings is 1. The summed E-state index contributed by atoms with van der Waals surface area (Å²) in [6.07, 6.45) is 3.41. The van der Waals surface area contributed by atoms with Crippen molar-refractivity contribution >= 4 is 37.5 Å². The highest BCUT2D eigenvalue weighted by molar-refractivity contribution is 9.10. The van der Waals surface area contributed by atoms with E-state index in [1.807, 2.05) is 48.0 Å². The molecule has 132 valence electrons. The Morgan fingerprint density at radius 3 is 2.78 bits per heavy atom. The lowest BCUT2D eigenvalue weighted by molar-refractivity contribution is 0.432. The van der Waals surface area contributed by atoms with Gasteiger partial charge in [0.25, 0.3) is 5.89 Å². The van der Waals surface area contributed by atoms with Gasteiger partial charge in [-0.25, -0.2) is 4.68 Å². The first-order valence-electron chi connectivity index (χ1n) is 8.18. The molecular weight excluding hydrogens is 426 g/mol. The Balaban J connectivity index is 1.59. The minimum atomic E-state index is 0.442. The van der Waals surface area contributed by atoms with E-state index in [0.717, 1.165) is 36.5 Å². The molecule has 8 heteroatoms. The molecule has 5 aromatic rings. The van der Waals surface area contributed by atoms with Gasteiger partial charge in [0.1, 0.15) is 4.83 Å². The van der Waals surface area contributed by atoms with Crippen molar-refractivity contribution in [3.63, 3.8) is 0 Å². The molecule has 0 saturated carbocycles. The van der Waals surface area contributed by atoms with Gasteiger partial charge in [-0.1, -0.05) is 23.4 Å². The van der Waals surface area contributed by atoms with E-state index in [0.29, 0.717) is 11.7 Å². The van der Waals surface area contributed by atoms with Crippen LogP contribution < -0.4 is 0 Å². The number of para-hydroxylation sites is 1. The number of hydrogen-bond donors (Lipinski definition) is 0. The zero-order valence-corrected chi connectivity index (χ0v) is 16.5. The van der Waals surface area contributed by atoms with Crippen molar-refractivity contribution in [2.75, 3.05) is 0 Å². The standard InChI is InChI=1S/C19H12BrN5OS/c1-11-15-8-16(27-19(15)25(23-11)14-5-3-2-4-6-14)17-22-18(26-24-17)12-7-13(20)10-21-9-12/h2-10H,1H3. The van der Waals surface area contributed by atoms with Crippen molar-refractivity contribution in [3.05, 3.63) is 65.0 Å². The van der Waals surface area contributed by atoms with Crippen molar-refractivity contribution in [1.29, 1.82) is 0 Å².